The number of esters is 1. The zero-order valence-electron chi connectivity index (χ0n) is 18.0. The van der Waals surface area contributed by atoms with E-state index in [1.807, 2.05) is 24.3 Å². The van der Waals surface area contributed by atoms with Crippen molar-refractivity contribution in [2.75, 3.05) is 7.11 Å². The molecule has 0 spiro atoms. The second-order valence-electron chi connectivity index (χ2n) is 7.50. The highest BCUT2D eigenvalue weighted by Gasteiger charge is 2.15. The Morgan fingerprint density at radius 2 is 1.62 bits per heavy atom. The van der Waals surface area contributed by atoms with E-state index in [-0.39, 0.29) is 22.8 Å². The molecular weight excluding hydrogens is 408 g/mol. The topological polar surface area (TPSA) is 75.0 Å². The molecule has 162 valence electrons. The molecule has 0 aliphatic carbocycles. The molecule has 1 aromatic heterocycles. The average molecular weight is 430 g/mol. The first kappa shape index (κ1) is 21.2. The molecule has 0 amide bonds. The molecule has 0 aliphatic rings. The van der Waals surface area contributed by atoms with E-state index in [1.54, 1.807) is 43.5 Å². The Bertz CT molecular complexity index is 1320. The summed E-state index contributed by atoms with van der Waals surface area (Å²) in [6.07, 6.45) is 1.27. The standard InChI is InChI=1S/C26H22O6/c1-16(2)20-6-4-5-7-22(20)32-24-15-30-23-14-19(12-13-21(23)25(24)27)31-26(28)17-8-10-18(29-3)11-9-17/h4-16H,1-3H3. The minimum Gasteiger partial charge on any atom is -0.497 e. The van der Waals surface area contributed by atoms with E-state index in [1.165, 1.54) is 12.3 Å². The molecular formula is C26H22O6. The fraction of sp³-hybridized carbons (Fsp3) is 0.154. The van der Waals surface area contributed by atoms with E-state index in [4.69, 9.17) is 18.6 Å². The van der Waals surface area contributed by atoms with Crippen LogP contribution >= 0.6 is 0 Å². The predicted octanol–water partition coefficient (Wildman–Crippen LogP) is 5.94. The lowest BCUT2D eigenvalue weighted by Crippen LogP contribution is -2.09. The first-order chi connectivity index (χ1) is 15.5. The second kappa shape index (κ2) is 8.98. The number of benzene rings is 3. The average Bonchev–Trinajstić information content (AvgIpc) is 2.81. The molecule has 0 radical (unpaired) electrons. The minimum absolute atomic E-state index is 0.0913. The maximum Gasteiger partial charge on any atom is 0.343 e. The van der Waals surface area contributed by atoms with Crippen molar-refractivity contribution in [3.63, 3.8) is 0 Å². The zero-order valence-corrected chi connectivity index (χ0v) is 18.0. The molecule has 3 aromatic carbocycles. The van der Waals surface area contributed by atoms with Crippen molar-refractivity contribution in [1.82, 2.24) is 0 Å². The fourth-order valence-corrected chi connectivity index (χ4v) is 3.29. The molecule has 32 heavy (non-hydrogen) atoms. The third-order valence-corrected chi connectivity index (χ3v) is 5.01. The van der Waals surface area contributed by atoms with Gasteiger partial charge >= 0.3 is 5.97 Å². The molecule has 0 unspecified atom stereocenters. The Hall–Kier alpha value is -4.06. The van der Waals surface area contributed by atoms with E-state index in [0.29, 0.717) is 28.0 Å². The Balaban J connectivity index is 1.58. The van der Waals surface area contributed by atoms with E-state index in [0.717, 1.165) is 5.56 Å². The number of carbonyl (C=O) groups is 1. The molecule has 6 heteroatoms. The molecule has 0 bridgehead atoms. The summed E-state index contributed by atoms with van der Waals surface area (Å²) < 4.78 is 22.0. The number of hydrogen-bond acceptors (Lipinski definition) is 6. The summed E-state index contributed by atoms with van der Waals surface area (Å²) in [7, 11) is 1.55. The lowest BCUT2D eigenvalue weighted by Gasteiger charge is -2.13. The Morgan fingerprint density at radius 3 is 2.34 bits per heavy atom. The molecule has 0 N–H and O–H groups in total. The summed E-state index contributed by atoms with van der Waals surface area (Å²) in [6.45, 7) is 4.11. The van der Waals surface area contributed by atoms with Crippen LogP contribution in [0.3, 0.4) is 0 Å². The van der Waals surface area contributed by atoms with Crippen molar-refractivity contribution in [3.8, 4) is 23.0 Å². The first-order valence-corrected chi connectivity index (χ1v) is 10.1. The molecule has 0 atom stereocenters. The molecule has 6 nitrogen and oxygen atoms in total. The van der Waals surface area contributed by atoms with Crippen LogP contribution in [0.15, 0.2) is 82.2 Å². The van der Waals surface area contributed by atoms with Gasteiger partial charge in [-0.1, -0.05) is 32.0 Å². The van der Waals surface area contributed by atoms with Gasteiger partial charge in [-0.15, -0.1) is 0 Å². The first-order valence-electron chi connectivity index (χ1n) is 10.1. The van der Waals surface area contributed by atoms with Gasteiger partial charge in [0.25, 0.3) is 0 Å². The van der Waals surface area contributed by atoms with Gasteiger partial charge in [-0.25, -0.2) is 4.79 Å². The third-order valence-electron chi connectivity index (χ3n) is 5.01. The van der Waals surface area contributed by atoms with Gasteiger partial charge in [0.2, 0.25) is 11.2 Å². The second-order valence-corrected chi connectivity index (χ2v) is 7.50. The van der Waals surface area contributed by atoms with Gasteiger partial charge in [0.15, 0.2) is 0 Å². The highest BCUT2D eigenvalue weighted by Crippen LogP contribution is 2.30. The van der Waals surface area contributed by atoms with Gasteiger partial charge in [0, 0.05) is 6.07 Å². The van der Waals surface area contributed by atoms with Gasteiger partial charge in [-0.2, -0.15) is 0 Å². The monoisotopic (exact) mass is 430 g/mol. The Labute approximate surface area is 185 Å². The van der Waals surface area contributed by atoms with Crippen molar-refractivity contribution in [2.24, 2.45) is 0 Å². The van der Waals surface area contributed by atoms with E-state index < -0.39 is 5.97 Å². The molecule has 0 fully saturated rings. The van der Waals surface area contributed by atoms with Crippen LogP contribution in [0.1, 0.15) is 35.7 Å². The van der Waals surface area contributed by atoms with Crippen molar-refractivity contribution in [2.45, 2.75) is 19.8 Å². The summed E-state index contributed by atoms with van der Waals surface area (Å²) >= 11 is 0. The molecule has 0 saturated carbocycles. The highest BCUT2D eigenvalue weighted by atomic mass is 16.5. The summed E-state index contributed by atoms with van der Waals surface area (Å²) in [5, 5.41) is 0.328. The molecule has 4 rings (SSSR count). The quantitative estimate of drug-likeness (QED) is 0.278. The van der Waals surface area contributed by atoms with Crippen LogP contribution in [0, 0.1) is 0 Å². The number of para-hydroxylation sites is 1. The third kappa shape index (κ3) is 4.34. The smallest absolute Gasteiger partial charge is 0.343 e. The van der Waals surface area contributed by atoms with Gasteiger partial charge in [0.05, 0.1) is 18.1 Å². The predicted molar refractivity (Wildman–Crippen MR) is 121 cm³/mol. The summed E-state index contributed by atoms with van der Waals surface area (Å²) in [5.74, 6) is 1.32. The van der Waals surface area contributed by atoms with Crippen LogP contribution in [-0.4, -0.2) is 13.1 Å². The maximum atomic E-state index is 12.9. The van der Waals surface area contributed by atoms with Crippen LogP contribution in [0.4, 0.5) is 0 Å². The zero-order chi connectivity index (χ0) is 22.7. The number of rotatable bonds is 6. The van der Waals surface area contributed by atoms with Gasteiger partial charge < -0.3 is 18.6 Å². The number of methoxy groups -OCH3 is 1. The number of carbonyl (C=O) groups excluding carboxylic acids is 1. The van der Waals surface area contributed by atoms with Crippen LogP contribution in [0.25, 0.3) is 11.0 Å². The number of fused-ring (bicyclic) bond motifs is 1. The number of hydrogen-bond donors (Lipinski definition) is 0. The maximum absolute atomic E-state index is 12.9. The van der Waals surface area contributed by atoms with Gasteiger partial charge in [-0.05, 0) is 53.9 Å². The van der Waals surface area contributed by atoms with E-state index in [2.05, 4.69) is 13.8 Å². The Kier molecular flexibility index (Phi) is 5.94. The van der Waals surface area contributed by atoms with Gasteiger partial charge in [0.1, 0.15) is 29.1 Å². The lowest BCUT2D eigenvalue weighted by atomic mass is 10.0. The van der Waals surface area contributed by atoms with E-state index >= 15 is 0 Å². The van der Waals surface area contributed by atoms with Crippen molar-refractivity contribution in [3.05, 3.63) is 94.3 Å². The van der Waals surface area contributed by atoms with Crippen LogP contribution in [0.2, 0.25) is 0 Å². The summed E-state index contributed by atoms with van der Waals surface area (Å²) in [6, 6.07) is 18.8. The van der Waals surface area contributed by atoms with Crippen molar-refractivity contribution >= 4 is 16.9 Å². The van der Waals surface area contributed by atoms with Crippen LogP contribution in [0.5, 0.6) is 23.0 Å². The SMILES string of the molecule is COc1ccc(C(=O)Oc2ccc3c(=O)c(Oc4ccccc4C(C)C)coc3c2)cc1. The minimum atomic E-state index is -0.528. The van der Waals surface area contributed by atoms with Gasteiger partial charge in [-0.3, -0.25) is 4.79 Å². The largest absolute Gasteiger partial charge is 0.497 e. The summed E-state index contributed by atoms with van der Waals surface area (Å²) in [5.41, 5.74) is 1.35. The normalized spacial score (nSPS) is 10.9. The Morgan fingerprint density at radius 1 is 0.906 bits per heavy atom. The molecule has 4 aromatic rings. The van der Waals surface area contributed by atoms with Crippen molar-refractivity contribution in [1.29, 1.82) is 0 Å². The van der Waals surface area contributed by atoms with E-state index in [9.17, 15) is 9.59 Å². The molecule has 0 aliphatic heterocycles. The van der Waals surface area contributed by atoms with Crippen LogP contribution in [-0.2, 0) is 0 Å². The fourth-order valence-electron chi connectivity index (χ4n) is 3.29. The lowest BCUT2D eigenvalue weighted by molar-refractivity contribution is 0.0735. The summed E-state index contributed by atoms with van der Waals surface area (Å²) in [4.78, 5) is 25.3. The highest BCUT2D eigenvalue weighted by molar-refractivity contribution is 5.91. The van der Waals surface area contributed by atoms with Crippen molar-refractivity contribution < 1.29 is 23.4 Å². The molecule has 0 saturated heterocycles. The number of ether oxygens (including phenoxy) is 3. The molecule has 1 heterocycles. The van der Waals surface area contributed by atoms with Crippen LogP contribution < -0.4 is 19.6 Å².